The summed E-state index contributed by atoms with van der Waals surface area (Å²) in [6.07, 6.45) is 0.591. The monoisotopic (exact) mass is 1070 g/mol. The first-order valence-corrected chi connectivity index (χ1v) is 25.4. The molecule has 20 heteroatoms. The normalized spacial score (nSPS) is 13.4. The molecule has 6 amide bonds. The first kappa shape index (κ1) is 58.5. The van der Waals surface area contributed by atoms with Crippen molar-refractivity contribution >= 4 is 52.5 Å². The van der Waals surface area contributed by atoms with Crippen LogP contribution in [0.15, 0.2) is 140 Å². The molecular weight excluding hydrogens is 1000 g/mol. The molecule has 78 heavy (non-hydrogen) atoms. The van der Waals surface area contributed by atoms with Crippen molar-refractivity contribution in [2.45, 2.75) is 89.0 Å². The Bertz CT molecular complexity index is 2920. The molecule has 0 aliphatic carbocycles. The van der Waals surface area contributed by atoms with E-state index < -0.39 is 84.5 Å². The van der Waals surface area contributed by atoms with Crippen molar-refractivity contribution < 1.29 is 62.7 Å². The van der Waals surface area contributed by atoms with Crippen LogP contribution in [0.2, 0.25) is 0 Å². The van der Waals surface area contributed by atoms with E-state index in [0.717, 1.165) is 16.5 Å². The van der Waals surface area contributed by atoms with Crippen LogP contribution >= 0.6 is 0 Å². The summed E-state index contributed by atoms with van der Waals surface area (Å²) in [5.74, 6) is -4.48. The van der Waals surface area contributed by atoms with E-state index in [9.17, 15) is 43.8 Å². The number of hydrogen-bond acceptors (Lipinski definition) is 13. The zero-order valence-corrected chi connectivity index (χ0v) is 43.9. The van der Waals surface area contributed by atoms with Crippen molar-refractivity contribution in [3.63, 3.8) is 0 Å². The molecule has 6 rings (SSSR count). The van der Waals surface area contributed by atoms with Crippen LogP contribution in [0, 0.1) is 5.92 Å². The summed E-state index contributed by atoms with van der Waals surface area (Å²) in [5, 5.41) is 37.4. The molecule has 0 aliphatic heterocycles. The number of H-pyrrole nitrogens is 1. The molecular formula is C58H67N7O13. The number of rotatable bonds is 28. The summed E-state index contributed by atoms with van der Waals surface area (Å²) in [4.78, 5) is 101. The Morgan fingerprint density at radius 3 is 1.59 bits per heavy atom. The van der Waals surface area contributed by atoms with E-state index in [1.807, 2.05) is 62.4 Å². The number of esters is 1. The van der Waals surface area contributed by atoms with Crippen LogP contribution in [0.25, 0.3) is 10.9 Å². The van der Waals surface area contributed by atoms with E-state index >= 15 is 0 Å². The Balaban J connectivity index is 1.24. The predicted molar refractivity (Wildman–Crippen MR) is 288 cm³/mol. The topological polar surface area (TPSA) is 285 Å². The summed E-state index contributed by atoms with van der Waals surface area (Å²) in [6, 6.07) is 29.5. The Kier molecular flexibility index (Phi) is 22.1. The fourth-order valence-corrected chi connectivity index (χ4v) is 8.36. The van der Waals surface area contributed by atoms with Crippen molar-refractivity contribution in [3.8, 4) is 11.5 Å². The molecule has 5 aromatic carbocycles. The lowest BCUT2D eigenvalue weighted by atomic mass is 10.0. The number of alkyl carbamates (subject to hydrolysis) is 1. The van der Waals surface area contributed by atoms with Gasteiger partial charge in [0.2, 0.25) is 29.5 Å². The van der Waals surface area contributed by atoms with Gasteiger partial charge in [-0.1, -0.05) is 117 Å². The Morgan fingerprint density at radius 1 is 0.526 bits per heavy atom. The van der Waals surface area contributed by atoms with E-state index in [1.54, 1.807) is 66.9 Å². The number of ether oxygens (including phenoxy) is 4. The molecule has 0 saturated heterocycles. The number of methoxy groups -OCH3 is 2. The van der Waals surface area contributed by atoms with Crippen molar-refractivity contribution in [1.29, 1.82) is 0 Å². The van der Waals surface area contributed by atoms with Gasteiger partial charge in [-0.25, -0.2) is 9.59 Å². The van der Waals surface area contributed by atoms with Gasteiger partial charge in [-0.05, 0) is 70.5 Å². The number of aromatic nitrogens is 1. The van der Waals surface area contributed by atoms with Crippen molar-refractivity contribution in [3.05, 3.63) is 167 Å². The smallest absolute Gasteiger partial charge is 0.408 e. The number of nitrogens with one attached hydrogen (secondary N) is 7. The number of phenols is 1. The molecule has 1 heterocycles. The minimum atomic E-state index is -1.72. The van der Waals surface area contributed by atoms with E-state index in [-0.39, 0.29) is 57.2 Å². The van der Waals surface area contributed by atoms with Crippen LogP contribution in [0.3, 0.4) is 0 Å². The SMILES string of the molecule is COC(=O)[C@H](CC(C)C)NC(=O)[C@@H](Cc1ccccc1)NC(=O)[C@H](Cc1ccc(O)cc1)NC(=O)[C@H](CO)NC(=O)[C@H](Cc1c[nH]c2ccccc12)NC(=O)[C@H](COCc1ccccc1)NC(=O)OCc1ccc(OC)cc1. The number of aromatic hydroxyl groups is 1. The highest BCUT2D eigenvalue weighted by molar-refractivity contribution is 5.97. The maximum absolute atomic E-state index is 14.6. The first-order chi connectivity index (χ1) is 37.6. The van der Waals surface area contributed by atoms with E-state index in [4.69, 9.17) is 18.9 Å². The van der Waals surface area contributed by atoms with Crippen molar-refractivity contribution in [2.75, 3.05) is 27.4 Å². The number of aromatic amines is 1. The third kappa shape index (κ3) is 17.9. The van der Waals surface area contributed by atoms with Gasteiger partial charge in [0, 0.05) is 36.4 Å². The average molecular weight is 1070 g/mol. The second-order valence-electron chi connectivity index (χ2n) is 18.9. The summed E-state index contributed by atoms with van der Waals surface area (Å²) < 4.78 is 21.5. The van der Waals surface area contributed by atoms with Gasteiger partial charge in [-0.3, -0.25) is 24.0 Å². The Morgan fingerprint density at radius 2 is 1.01 bits per heavy atom. The van der Waals surface area contributed by atoms with Gasteiger partial charge in [0.05, 0.1) is 34.0 Å². The standard InChI is InChI=1S/C58H67N7O13/c1-36(2)27-49(57(73)76-4)63-53(69)46(28-37-13-7-5-8-14-37)60-52(68)47(29-38-19-23-42(67)24-20-38)61-55(71)50(32-66)64-54(70)48(30-41-31-59-45-18-12-11-17-44(41)45)62-56(72)51(35-77-33-39-15-9-6-10-16-39)65-58(74)78-34-40-21-25-43(75-3)26-22-40/h5-26,31,36,46-51,59,66-67H,27-30,32-35H2,1-4H3,(H,60,68)(H,61,71)(H,62,72)(H,63,69)(H,64,70)(H,65,74)/t46-,47+,48+,49+,50+,51+/m1/s1. The first-order valence-electron chi connectivity index (χ1n) is 25.4. The van der Waals surface area contributed by atoms with Crippen molar-refractivity contribution in [2.24, 2.45) is 5.92 Å². The van der Waals surface area contributed by atoms with Gasteiger partial charge >= 0.3 is 12.1 Å². The van der Waals surface area contributed by atoms with Gasteiger partial charge in [0.25, 0.3) is 0 Å². The summed E-state index contributed by atoms with van der Waals surface area (Å²) in [7, 11) is 2.73. The zero-order valence-electron chi connectivity index (χ0n) is 43.9. The number of fused-ring (bicyclic) bond motifs is 1. The molecule has 0 aliphatic rings. The van der Waals surface area contributed by atoms with Crippen LogP contribution in [-0.2, 0) is 75.5 Å². The minimum absolute atomic E-state index is 0.0206. The number of para-hydroxylation sites is 1. The van der Waals surface area contributed by atoms with E-state index in [0.29, 0.717) is 28.0 Å². The van der Waals surface area contributed by atoms with Crippen LogP contribution < -0.4 is 36.6 Å². The Labute approximate surface area is 452 Å². The molecule has 0 saturated carbocycles. The number of aliphatic hydroxyl groups excluding tert-OH is 1. The number of carbonyl (C=O) groups is 7. The van der Waals surface area contributed by atoms with E-state index in [2.05, 4.69) is 36.9 Å². The van der Waals surface area contributed by atoms with Crippen LogP contribution in [0.5, 0.6) is 11.5 Å². The van der Waals surface area contributed by atoms with Gasteiger partial charge < -0.3 is 66.0 Å². The summed E-state index contributed by atoms with van der Waals surface area (Å²) in [6.45, 7) is 2.33. The van der Waals surface area contributed by atoms with Gasteiger partial charge in [-0.15, -0.1) is 0 Å². The second kappa shape index (κ2) is 29.5. The largest absolute Gasteiger partial charge is 0.508 e. The second-order valence-corrected chi connectivity index (χ2v) is 18.9. The molecule has 0 unspecified atom stereocenters. The molecule has 1 aromatic heterocycles. The zero-order chi connectivity index (χ0) is 56.0. The minimum Gasteiger partial charge on any atom is -0.508 e. The van der Waals surface area contributed by atoms with E-state index in [1.165, 1.54) is 38.5 Å². The number of phenolic OH excluding ortho intramolecular Hbond substituents is 1. The molecule has 0 fully saturated rings. The van der Waals surface area contributed by atoms with Gasteiger partial charge in [0.15, 0.2) is 0 Å². The maximum atomic E-state index is 14.6. The molecule has 9 N–H and O–H groups in total. The van der Waals surface area contributed by atoms with Crippen LogP contribution in [0.4, 0.5) is 4.79 Å². The number of benzene rings is 5. The molecule has 0 spiro atoms. The quantitative estimate of drug-likeness (QED) is 0.0314. The maximum Gasteiger partial charge on any atom is 0.408 e. The lowest BCUT2D eigenvalue weighted by Crippen LogP contribution is -2.61. The molecule has 20 nitrogen and oxygen atoms in total. The van der Waals surface area contributed by atoms with Crippen LogP contribution in [0.1, 0.15) is 48.1 Å². The summed E-state index contributed by atoms with van der Waals surface area (Å²) >= 11 is 0. The highest BCUT2D eigenvalue weighted by Gasteiger charge is 2.35. The molecule has 0 radical (unpaired) electrons. The fourth-order valence-electron chi connectivity index (χ4n) is 8.36. The fraction of sp³-hybridized carbons (Fsp3) is 0.328. The lowest BCUT2D eigenvalue weighted by molar-refractivity contribution is -0.146. The number of aliphatic hydroxyl groups is 1. The van der Waals surface area contributed by atoms with Gasteiger partial charge in [0.1, 0.15) is 54.4 Å². The number of hydrogen-bond donors (Lipinski definition) is 9. The third-order valence-electron chi connectivity index (χ3n) is 12.5. The lowest BCUT2D eigenvalue weighted by Gasteiger charge is -2.27. The highest BCUT2D eigenvalue weighted by Crippen LogP contribution is 2.20. The predicted octanol–water partition coefficient (Wildman–Crippen LogP) is 4.06. The Hall–Kier alpha value is -8.75. The highest BCUT2D eigenvalue weighted by atomic mass is 16.5. The summed E-state index contributed by atoms with van der Waals surface area (Å²) in [5.41, 5.74) is 3.90. The van der Waals surface area contributed by atoms with Crippen LogP contribution in [-0.4, -0.2) is 120 Å². The number of carbonyl (C=O) groups excluding carboxylic acids is 7. The molecule has 0 bridgehead atoms. The molecule has 412 valence electrons. The third-order valence-corrected chi connectivity index (χ3v) is 12.5. The van der Waals surface area contributed by atoms with Crippen molar-refractivity contribution in [1.82, 2.24) is 36.9 Å². The molecule has 6 atom stereocenters. The average Bonchev–Trinajstić information content (AvgIpc) is 3.87. The molecule has 6 aromatic rings. The number of amides is 6. The van der Waals surface area contributed by atoms with Gasteiger partial charge in [-0.2, -0.15) is 0 Å².